The Hall–Kier alpha value is -2.37. The molecule has 0 amide bonds. The van der Waals surface area contributed by atoms with E-state index < -0.39 is 56.1 Å². The number of nitro groups is 1. The van der Waals surface area contributed by atoms with Crippen LogP contribution in [0.4, 0.5) is 27.6 Å². The summed E-state index contributed by atoms with van der Waals surface area (Å²) < 4.78 is 64.6. The Morgan fingerprint density at radius 2 is 1.96 bits per heavy atom. The summed E-state index contributed by atoms with van der Waals surface area (Å²) in [4.78, 5) is 26.6. The van der Waals surface area contributed by atoms with Crippen molar-refractivity contribution >= 4 is 23.3 Å². The van der Waals surface area contributed by atoms with Crippen LogP contribution in [0, 0.1) is 10.1 Å². The summed E-state index contributed by atoms with van der Waals surface area (Å²) in [6.07, 6.45) is -9.22. The van der Waals surface area contributed by atoms with E-state index in [4.69, 9.17) is 16.7 Å². The third-order valence-corrected chi connectivity index (χ3v) is 3.13. The molecule has 1 aromatic rings. The maximum Gasteiger partial charge on any atom is 0.417 e. The summed E-state index contributed by atoms with van der Waals surface area (Å²) in [5.41, 5.74) is -5.62. The number of carboxylic acid groups (broad SMARTS) is 1. The molecule has 0 aliphatic carbocycles. The van der Waals surface area contributed by atoms with Crippen LogP contribution in [0.1, 0.15) is 17.6 Å². The number of aliphatic carboxylic acids is 1. The fourth-order valence-electron chi connectivity index (χ4n) is 1.92. The molecule has 0 bridgehead atoms. The third kappa shape index (κ3) is 2.69. The van der Waals surface area contributed by atoms with E-state index in [0.717, 1.165) is 0 Å². The normalized spacial score (nSPS) is 20.0. The van der Waals surface area contributed by atoms with Crippen molar-refractivity contribution in [3.63, 3.8) is 0 Å². The predicted molar refractivity (Wildman–Crippen MR) is 61.6 cm³/mol. The lowest BCUT2D eigenvalue weighted by Gasteiger charge is -2.12. The van der Waals surface area contributed by atoms with E-state index in [-0.39, 0.29) is 6.07 Å². The maximum atomic E-state index is 13.0. The summed E-state index contributed by atoms with van der Waals surface area (Å²) in [5.74, 6) is -1.93. The van der Waals surface area contributed by atoms with E-state index >= 15 is 0 Å². The number of rotatable bonds is 3. The number of halogens is 6. The summed E-state index contributed by atoms with van der Waals surface area (Å²) in [7, 11) is 0. The fraction of sp³-hybridized carbons (Fsp3) is 0.300. The largest absolute Gasteiger partial charge is 0.477 e. The molecule has 0 spiro atoms. The molecule has 0 fully saturated rings. The molecule has 1 aliphatic heterocycles. The maximum absolute atomic E-state index is 13.0. The number of hydrogen-bond acceptors (Lipinski definition) is 5. The number of carboxylic acids is 1. The second-order valence-electron chi connectivity index (χ2n) is 4.23. The first-order valence-corrected chi connectivity index (χ1v) is 5.85. The quantitative estimate of drug-likeness (QED) is 0.292. The van der Waals surface area contributed by atoms with Gasteiger partial charge < -0.3 is 5.11 Å². The Bertz CT molecular complexity index is 840. The van der Waals surface area contributed by atoms with Gasteiger partial charge in [-0.1, -0.05) is 11.6 Å². The van der Waals surface area contributed by atoms with Crippen molar-refractivity contribution in [1.29, 1.82) is 0 Å². The van der Waals surface area contributed by atoms with E-state index in [1.54, 1.807) is 0 Å². The van der Waals surface area contributed by atoms with Gasteiger partial charge in [-0.25, -0.2) is 23.6 Å². The van der Waals surface area contributed by atoms with Crippen LogP contribution in [0.3, 0.4) is 0 Å². The van der Waals surface area contributed by atoms with E-state index in [2.05, 4.69) is 9.98 Å². The lowest BCUT2D eigenvalue weighted by molar-refractivity contribution is -0.387. The lowest BCUT2D eigenvalue weighted by Crippen LogP contribution is -2.30. The van der Waals surface area contributed by atoms with Crippen molar-refractivity contribution in [3.8, 4) is 0 Å². The van der Waals surface area contributed by atoms with Gasteiger partial charge in [0.1, 0.15) is 5.56 Å². The van der Waals surface area contributed by atoms with Gasteiger partial charge in [0.2, 0.25) is 0 Å². The highest BCUT2D eigenvalue weighted by atomic mass is 35.5. The van der Waals surface area contributed by atoms with Gasteiger partial charge in [-0.05, 0) is 6.07 Å². The first-order valence-electron chi connectivity index (χ1n) is 5.47. The van der Waals surface area contributed by atoms with Gasteiger partial charge in [-0.2, -0.15) is 13.2 Å². The van der Waals surface area contributed by atoms with Crippen LogP contribution in [-0.4, -0.2) is 21.1 Å². The highest BCUT2D eigenvalue weighted by Gasteiger charge is 2.45. The summed E-state index contributed by atoms with van der Waals surface area (Å²) in [6.45, 7) is 0. The Kier molecular flexibility index (Phi) is 3.75. The van der Waals surface area contributed by atoms with Gasteiger partial charge in [0, 0.05) is 0 Å². The number of alkyl halides is 6. The highest BCUT2D eigenvalue weighted by molar-refractivity contribution is 6.33. The van der Waals surface area contributed by atoms with Crippen LogP contribution in [-0.2, 0) is 11.0 Å². The summed E-state index contributed by atoms with van der Waals surface area (Å²) >= 11 is 5.42. The SMILES string of the molecule is O=C(O)C1(Cl)N=c2cc(C(F)(F)F)c(C(F)F)c([N+](=O)[O-])c2=N1. The van der Waals surface area contributed by atoms with E-state index in [1.165, 1.54) is 0 Å². The average Bonchev–Trinajstić information content (AvgIpc) is 2.72. The first kappa shape index (κ1) is 17.0. The monoisotopic (exact) mass is 359 g/mol. The molecule has 1 heterocycles. The standard InChI is InChI=1S/C10H3ClF5N3O4/c11-9(8(20)21)17-3-1-2(10(14,15)16)4(7(12)13)6(19(22)23)5(3)18-9/h1,7H,(H,20,21). The molecule has 1 atom stereocenters. The highest BCUT2D eigenvalue weighted by Crippen LogP contribution is 2.39. The van der Waals surface area contributed by atoms with E-state index in [1.807, 2.05) is 0 Å². The molecule has 0 saturated carbocycles. The zero-order valence-corrected chi connectivity index (χ0v) is 11.2. The molecule has 1 unspecified atom stereocenters. The van der Waals surface area contributed by atoms with Crippen molar-refractivity contribution in [2.24, 2.45) is 9.98 Å². The second-order valence-corrected chi connectivity index (χ2v) is 4.75. The first-order chi connectivity index (χ1) is 10.4. The lowest BCUT2D eigenvalue weighted by atomic mass is 10.0. The smallest absolute Gasteiger partial charge is 0.417 e. The van der Waals surface area contributed by atoms with Crippen molar-refractivity contribution < 1.29 is 36.8 Å². The predicted octanol–water partition coefficient (Wildman–Crippen LogP) is 1.78. The van der Waals surface area contributed by atoms with Crippen LogP contribution < -0.4 is 10.7 Å². The molecule has 1 aromatic carbocycles. The molecule has 23 heavy (non-hydrogen) atoms. The number of nitro benzene ring substituents is 1. The zero-order valence-electron chi connectivity index (χ0n) is 10.4. The average molecular weight is 360 g/mol. The molecule has 13 heteroatoms. The minimum Gasteiger partial charge on any atom is -0.477 e. The van der Waals surface area contributed by atoms with Crippen LogP contribution in [0.25, 0.3) is 0 Å². The van der Waals surface area contributed by atoms with Crippen molar-refractivity contribution in [2.45, 2.75) is 17.7 Å². The second kappa shape index (κ2) is 5.08. The van der Waals surface area contributed by atoms with Crippen LogP contribution in [0.2, 0.25) is 0 Å². The Labute approximate surface area is 126 Å². The van der Waals surface area contributed by atoms with Gasteiger partial charge in [0.25, 0.3) is 6.43 Å². The van der Waals surface area contributed by atoms with Crippen LogP contribution in [0.5, 0.6) is 0 Å². The topological polar surface area (TPSA) is 105 Å². The van der Waals surface area contributed by atoms with Crippen molar-refractivity contribution in [1.82, 2.24) is 0 Å². The molecule has 1 N–H and O–H groups in total. The van der Waals surface area contributed by atoms with Gasteiger partial charge in [0.05, 0.1) is 15.8 Å². The van der Waals surface area contributed by atoms with Gasteiger partial charge in [-0.3, -0.25) is 10.1 Å². The minimum atomic E-state index is -5.36. The molecule has 0 radical (unpaired) electrons. The number of fused-ring (bicyclic) bond motifs is 1. The van der Waals surface area contributed by atoms with Crippen LogP contribution >= 0.6 is 11.6 Å². The number of hydrogen-bond donors (Lipinski definition) is 1. The molecule has 2 rings (SSSR count). The third-order valence-electron chi connectivity index (χ3n) is 2.80. The fourth-order valence-corrected chi connectivity index (χ4v) is 2.10. The number of benzene rings is 1. The van der Waals surface area contributed by atoms with Gasteiger partial charge in [0.15, 0.2) is 5.36 Å². The molecule has 1 aliphatic rings. The van der Waals surface area contributed by atoms with Crippen molar-refractivity contribution in [2.75, 3.05) is 0 Å². The number of nitrogens with zero attached hydrogens (tertiary/aromatic N) is 3. The zero-order chi connectivity index (χ0) is 17.7. The molecular formula is C10H3ClF5N3O4. The van der Waals surface area contributed by atoms with Crippen LogP contribution in [0.15, 0.2) is 16.1 Å². The van der Waals surface area contributed by atoms with Crippen molar-refractivity contribution in [3.05, 3.63) is 38.0 Å². The Morgan fingerprint density at radius 1 is 1.39 bits per heavy atom. The van der Waals surface area contributed by atoms with Gasteiger partial charge in [-0.15, -0.1) is 0 Å². The Balaban J connectivity index is 3.03. The molecule has 0 aromatic heterocycles. The summed E-state index contributed by atoms with van der Waals surface area (Å²) in [6, 6.07) is 0.0559. The molecule has 7 nitrogen and oxygen atoms in total. The molecular weight excluding hydrogens is 357 g/mol. The Morgan fingerprint density at radius 3 is 2.35 bits per heavy atom. The summed E-state index contributed by atoms with van der Waals surface area (Å²) in [5, 5.41) is 15.0. The molecule has 0 saturated heterocycles. The van der Waals surface area contributed by atoms with E-state index in [0.29, 0.717) is 0 Å². The van der Waals surface area contributed by atoms with Gasteiger partial charge >= 0.3 is 23.0 Å². The molecule has 124 valence electrons. The minimum absolute atomic E-state index is 0.0559. The number of carbonyl (C=O) groups is 1. The van der Waals surface area contributed by atoms with E-state index in [9.17, 15) is 36.9 Å².